The average Bonchev–Trinajstić information content (AvgIpc) is 3.25. The number of hydrazone groups is 1. The molecule has 3 aromatic rings. The highest BCUT2D eigenvalue weighted by Gasteiger charge is 2.24. The summed E-state index contributed by atoms with van der Waals surface area (Å²) < 4.78 is 10.1. The SMILES string of the molecule is COc1cc(/C=N/NC(=O)[C@@H](Cc2c[nH]c3ccccc23)NC(=O)OCC(C)C)cc([N+](=O)[O-])c1O. The lowest BCUT2D eigenvalue weighted by molar-refractivity contribution is -0.386. The third-order valence-electron chi connectivity index (χ3n) is 5.14. The lowest BCUT2D eigenvalue weighted by atomic mass is 10.0. The van der Waals surface area contributed by atoms with Crippen molar-refractivity contribution in [2.24, 2.45) is 11.0 Å². The van der Waals surface area contributed by atoms with Gasteiger partial charge < -0.3 is 24.9 Å². The standard InChI is InChI=1S/C24H27N5O7/c1-14(2)13-36-24(32)27-19(10-16-12-25-18-7-5-4-6-17(16)18)23(31)28-26-11-15-8-20(29(33)34)22(30)21(9-15)35-3/h4-9,11-12,14,19,25,30H,10,13H2,1-3H3,(H,27,32)(H,28,31)/b26-11+/t19-/m1/s1. The van der Waals surface area contributed by atoms with Crippen molar-refractivity contribution < 1.29 is 29.1 Å². The highest BCUT2D eigenvalue weighted by molar-refractivity contribution is 5.90. The number of aromatic hydroxyl groups is 1. The van der Waals surface area contributed by atoms with Crippen LogP contribution in [0.15, 0.2) is 47.7 Å². The number of nitro benzene ring substituents is 1. The van der Waals surface area contributed by atoms with Crippen molar-refractivity contribution in [2.75, 3.05) is 13.7 Å². The molecule has 12 heteroatoms. The molecule has 0 spiro atoms. The molecule has 3 rings (SSSR count). The van der Waals surface area contributed by atoms with Crippen molar-refractivity contribution in [2.45, 2.75) is 26.3 Å². The van der Waals surface area contributed by atoms with Gasteiger partial charge in [-0.25, -0.2) is 10.2 Å². The third-order valence-corrected chi connectivity index (χ3v) is 5.14. The molecular weight excluding hydrogens is 470 g/mol. The summed E-state index contributed by atoms with van der Waals surface area (Å²) in [5.41, 5.74) is 3.66. The molecule has 2 aromatic carbocycles. The number of rotatable bonds is 10. The van der Waals surface area contributed by atoms with Gasteiger partial charge in [-0.15, -0.1) is 0 Å². The molecule has 0 bridgehead atoms. The maximum atomic E-state index is 12.9. The number of aromatic nitrogens is 1. The number of methoxy groups -OCH3 is 1. The number of benzene rings is 2. The molecule has 36 heavy (non-hydrogen) atoms. The molecule has 0 aliphatic rings. The number of nitrogens with one attached hydrogen (secondary N) is 3. The number of phenolic OH excluding ortho intramolecular Hbond substituents is 1. The Morgan fingerprint density at radius 1 is 1.28 bits per heavy atom. The third kappa shape index (κ3) is 6.50. The first-order chi connectivity index (χ1) is 17.2. The molecule has 0 saturated carbocycles. The Labute approximate surface area is 206 Å². The van der Waals surface area contributed by atoms with Crippen LogP contribution in [-0.4, -0.2) is 53.0 Å². The Morgan fingerprint density at radius 3 is 2.72 bits per heavy atom. The molecule has 0 fully saturated rings. The number of H-pyrrole nitrogens is 1. The van der Waals surface area contributed by atoms with Crippen LogP contribution in [0.2, 0.25) is 0 Å². The van der Waals surface area contributed by atoms with Gasteiger partial charge in [-0.05, 0) is 23.6 Å². The maximum absolute atomic E-state index is 12.9. The Balaban J connectivity index is 1.78. The van der Waals surface area contributed by atoms with Gasteiger partial charge in [0.05, 0.1) is 24.9 Å². The van der Waals surface area contributed by atoms with Gasteiger partial charge in [-0.1, -0.05) is 32.0 Å². The number of para-hydroxylation sites is 1. The van der Waals surface area contributed by atoms with Gasteiger partial charge in [0.25, 0.3) is 5.91 Å². The van der Waals surface area contributed by atoms with Crippen LogP contribution in [0.1, 0.15) is 25.0 Å². The van der Waals surface area contributed by atoms with Crippen LogP contribution in [0.4, 0.5) is 10.5 Å². The smallest absolute Gasteiger partial charge is 0.407 e. The van der Waals surface area contributed by atoms with Gasteiger partial charge in [0, 0.05) is 35.2 Å². The summed E-state index contributed by atoms with van der Waals surface area (Å²) in [6.07, 6.45) is 2.33. The lowest BCUT2D eigenvalue weighted by Crippen LogP contribution is -2.47. The number of hydrogen-bond donors (Lipinski definition) is 4. The van der Waals surface area contributed by atoms with E-state index in [1.807, 2.05) is 38.1 Å². The van der Waals surface area contributed by atoms with Crippen LogP contribution in [0.25, 0.3) is 10.9 Å². The van der Waals surface area contributed by atoms with E-state index in [4.69, 9.17) is 9.47 Å². The van der Waals surface area contributed by atoms with Crippen LogP contribution < -0.4 is 15.5 Å². The zero-order chi connectivity index (χ0) is 26.2. The van der Waals surface area contributed by atoms with Crippen molar-refractivity contribution in [3.63, 3.8) is 0 Å². The van der Waals surface area contributed by atoms with Crippen molar-refractivity contribution in [3.8, 4) is 11.5 Å². The van der Waals surface area contributed by atoms with Crippen LogP contribution in [0.3, 0.4) is 0 Å². The van der Waals surface area contributed by atoms with Crippen molar-refractivity contribution in [1.82, 2.24) is 15.7 Å². The molecule has 2 amide bonds. The lowest BCUT2D eigenvalue weighted by Gasteiger charge is -2.17. The van der Waals surface area contributed by atoms with Gasteiger partial charge in [0.1, 0.15) is 6.04 Å². The Bertz CT molecular complexity index is 1290. The molecular formula is C24H27N5O7. The van der Waals surface area contributed by atoms with E-state index in [-0.39, 0.29) is 30.3 Å². The minimum absolute atomic E-state index is 0.118. The summed E-state index contributed by atoms with van der Waals surface area (Å²) in [5, 5.41) is 28.4. The predicted molar refractivity (Wildman–Crippen MR) is 132 cm³/mol. The maximum Gasteiger partial charge on any atom is 0.407 e. The molecule has 4 N–H and O–H groups in total. The summed E-state index contributed by atoms with van der Waals surface area (Å²) in [7, 11) is 1.25. The zero-order valence-electron chi connectivity index (χ0n) is 20.0. The minimum Gasteiger partial charge on any atom is -0.500 e. The topological polar surface area (TPSA) is 168 Å². The van der Waals surface area contributed by atoms with E-state index in [0.29, 0.717) is 0 Å². The van der Waals surface area contributed by atoms with Gasteiger partial charge in [0.15, 0.2) is 5.75 Å². The number of carbonyl (C=O) groups is 2. The van der Waals surface area contributed by atoms with E-state index in [1.54, 1.807) is 6.20 Å². The summed E-state index contributed by atoms with van der Waals surface area (Å²) in [6, 6.07) is 8.93. The molecule has 1 atom stereocenters. The Hall–Kier alpha value is -4.61. The fourth-order valence-corrected chi connectivity index (χ4v) is 3.39. The van der Waals surface area contributed by atoms with E-state index in [1.165, 1.54) is 13.2 Å². The van der Waals surface area contributed by atoms with Crippen LogP contribution in [0.5, 0.6) is 11.5 Å². The highest BCUT2D eigenvalue weighted by atomic mass is 16.6. The van der Waals surface area contributed by atoms with Crippen molar-refractivity contribution in [3.05, 3.63) is 63.8 Å². The Morgan fingerprint density at radius 2 is 2.03 bits per heavy atom. The summed E-state index contributed by atoms with van der Waals surface area (Å²) >= 11 is 0. The highest BCUT2D eigenvalue weighted by Crippen LogP contribution is 2.36. The van der Waals surface area contributed by atoms with E-state index in [0.717, 1.165) is 28.7 Å². The number of nitrogens with zero attached hydrogens (tertiary/aromatic N) is 2. The molecule has 12 nitrogen and oxygen atoms in total. The van der Waals surface area contributed by atoms with E-state index in [9.17, 15) is 24.8 Å². The Kier molecular flexibility index (Phi) is 8.44. The first kappa shape index (κ1) is 26.0. The monoisotopic (exact) mass is 497 g/mol. The zero-order valence-corrected chi connectivity index (χ0v) is 20.0. The molecule has 0 aliphatic heterocycles. The first-order valence-electron chi connectivity index (χ1n) is 11.1. The molecule has 1 aromatic heterocycles. The minimum atomic E-state index is -1.02. The van der Waals surface area contributed by atoms with E-state index < -0.39 is 34.4 Å². The van der Waals surface area contributed by atoms with Crippen LogP contribution in [0, 0.1) is 16.0 Å². The van der Waals surface area contributed by atoms with Crippen LogP contribution >= 0.6 is 0 Å². The summed E-state index contributed by atoms with van der Waals surface area (Å²) in [5.74, 6) is -1.25. The normalized spacial score (nSPS) is 12.0. The largest absolute Gasteiger partial charge is 0.500 e. The average molecular weight is 498 g/mol. The second-order valence-corrected chi connectivity index (χ2v) is 8.34. The summed E-state index contributed by atoms with van der Waals surface area (Å²) in [4.78, 5) is 38.8. The molecule has 0 unspecified atom stereocenters. The number of carbonyl (C=O) groups excluding carboxylic acids is 2. The molecule has 0 aliphatic carbocycles. The fourth-order valence-electron chi connectivity index (χ4n) is 3.39. The number of nitro groups is 1. The molecule has 0 radical (unpaired) electrons. The second kappa shape index (κ2) is 11.7. The number of hydrogen-bond acceptors (Lipinski definition) is 8. The molecule has 1 heterocycles. The number of ether oxygens (including phenoxy) is 2. The van der Waals surface area contributed by atoms with Crippen molar-refractivity contribution >= 4 is 34.8 Å². The van der Waals surface area contributed by atoms with Gasteiger partial charge in [-0.3, -0.25) is 14.9 Å². The van der Waals surface area contributed by atoms with Gasteiger partial charge in [0.2, 0.25) is 5.75 Å². The quantitative estimate of drug-likeness (QED) is 0.189. The number of amides is 2. The second-order valence-electron chi connectivity index (χ2n) is 8.34. The van der Waals surface area contributed by atoms with Crippen molar-refractivity contribution in [1.29, 1.82) is 0 Å². The van der Waals surface area contributed by atoms with Crippen LogP contribution in [-0.2, 0) is 16.0 Å². The molecule has 0 saturated heterocycles. The predicted octanol–water partition coefficient (Wildman–Crippen LogP) is 3.23. The number of phenols is 1. The first-order valence-corrected chi connectivity index (χ1v) is 11.1. The van der Waals surface area contributed by atoms with Gasteiger partial charge in [-0.2, -0.15) is 5.10 Å². The van der Waals surface area contributed by atoms with Gasteiger partial charge >= 0.3 is 11.8 Å². The summed E-state index contributed by atoms with van der Waals surface area (Å²) in [6.45, 7) is 3.97. The number of alkyl carbamates (subject to hydrolysis) is 1. The van der Waals surface area contributed by atoms with E-state index in [2.05, 4.69) is 20.8 Å². The number of aromatic amines is 1. The fraction of sp³-hybridized carbons (Fsp3) is 0.292. The molecule has 190 valence electrons. The number of fused-ring (bicyclic) bond motifs is 1. The van der Waals surface area contributed by atoms with E-state index >= 15 is 0 Å².